The number of guanidine groups is 2. The second-order valence-corrected chi connectivity index (χ2v) is 3.02. The van der Waals surface area contributed by atoms with E-state index in [9.17, 15) is 13.2 Å². The minimum absolute atomic E-state index is 0.118. The number of nitrogens with zero attached hydrogens (tertiary/aromatic N) is 2. The van der Waals surface area contributed by atoms with Crippen LogP contribution in [0.4, 0.5) is 18.9 Å². The number of para-hydroxylation sites is 1. The number of halogens is 3. The highest BCUT2D eigenvalue weighted by atomic mass is 19.4. The number of alkyl halides is 3. The number of benzene rings is 1. The lowest BCUT2D eigenvalue weighted by molar-refractivity contribution is -0.379. The van der Waals surface area contributed by atoms with Crippen molar-refractivity contribution in [1.29, 1.82) is 5.41 Å². The van der Waals surface area contributed by atoms with Gasteiger partial charge in [-0.25, -0.2) is 4.99 Å². The minimum Gasteiger partial charge on any atom is -0.368 e. The largest absolute Gasteiger partial charge is 0.544 e. The summed E-state index contributed by atoms with van der Waals surface area (Å²) >= 11 is 0. The van der Waals surface area contributed by atoms with Crippen molar-refractivity contribution in [3.05, 3.63) is 30.3 Å². The van der Waals surface area contributed by atoms with Crippen LogP contribution in [0.3, 0.4) is 0 Å². The van der Waals surface area contributed by atoms with Crippen LogP contribution in [0.15, 0.2) is 35.3 Å². The second-order valence-electron chi connectivity index (χ2n) is 3.02. The van der Waals surface area contributed by atoms with E-state index in [0.717, 1.165) is 0 Å². The molecule has 0 aliphatic rings. The van der Waals surface area contributed by atoms with Gasteiger partial charge in [-0.15, -0.1) is 18.2 Å². The van der Waals surface area contributed by atoms with Crippen LogP contribution in [0.2, 0.25) is 0 Å². The number of hydrogen-bond donors (Lipinski definition) is 3. The molecule has 18 heavy (non-hydrogen) atoms. The molecule has 0 bridgehead atoms. The molecule has 9 heteroatoms. The Kier molecular flexibility index (Phi) is 4.10. The predicted octanol–water partition coefficient (Wildman–Crippen LogP) is 1.28. The molecule has 98 valence electrons. The average molecular weight is 261 g/mol. The average Bonchev–Trinajstić information content (AvgIpc) is 2.25. The van der Waals surface area contributed by atoms with Crippen LogP contribution < -0.4 is 11.5 Å². The highest BCUT2D eigenvalue weighted by Crippen LogP contribution is 2.19. The minimum atomic E-state index is -5.03. The molecule has 1 rings (SSSR count). The Morgan fingerprint density at radius 2 is 1.78 bits per heavy atom. The van der Waals surface area contributed by atoms with Crippen molar-refractivity contribution in [3.63, 3.8) is 0 Å². The van der Waals surface area contributed by atoms with Gasteiger partial charge in [-0.3, -0.25) is 5.41 Å². The monoisotopic (exact) mass is 261 g/mol. The van der Waals surface area contributed by atoms with Crippen molar-refractivity contribution in [2.45, 2.75) is 6.36 Å². The Labute approximate surface area is 100 Å². The van der Waals surface area contributed by atoms with E-state index in [1.165, 1.54) is 12.1 Å². The summed E-state index contributed by atoms with van der Waals surface area (Å²) in [4.78, 5) is 7.10. The zero-order chi connectivity index (χ0) is 13.8. The van der Waals surface area contributed by atoms with Gasteiger partial charge < -0.3 is 11.5 Å². The molecule has 0 radical (unpaired) electrons. The van der Waals surface area contributed by atoms with E-state index >= 15 is 0 Å². The zero-order valence-electron chi connectivity index (χ0n) is 8.98. The number of aliphatic imine (C=N–C) groups is 1. The van der Waals surface area contributed by atoms with E-state index in [-0.39, 0.29) is 5.06 Å². The van der Waals surface area contributed by atoms with E-state index in [0.29, 0.717) is 5.69 Å². The van der Waals surface area contributed by atoms with Crippen molar-refractivity contribution < 1.29 is 18.0 Å². The lowest BCUT2D eigenvalue weighted by atomic mass is 10.3. The van der Waals surface area contributed by atoms with Crippen LogP contribution in [0.5, 0.6) is 0 Å². The summed E-state index contributed by atoms with van der Waals surface area (Å²) in [6.45, 7) is 0. The molecule has 0 spiro atoms. The summed E-state index contributed by atoms with van der Waals surface area (Å²) in [6.07, 6.45) is -5.03. The summed E-state index contributed by atoms with van der Waals surface area (Å²) in [6, 6.07) is 7.96. The van der Waals surface area contributed by atoms with E-state index in [1.54, 1.807) is 18.2 Å². The van der Waals surface area contributed by atoms with E-state index in [2.05, 4.69) is 9.83 Å². The van der Waals surface area contributed by atoms with Crippen LogP contribution in [-0.4, -0.2) is 23.3 Å². The summed E-state index contributed by atoms with van der Waals surface area (Å²) in [7, 11) is 0. The molecule has 6 nitrogen and oxygen atoms in total. The Hall–Kier alpha value is -2.29. The third kappa shape index (κ3) is 4.29. The number of rotatable bonds is 2. The van der Waals surface area contributed by atoms with Gasteiger partial charge in [-0.05, 0) is 12.1 Å². The molecule has 1 aromatic rings. The van der Waals surface area contributed by atoms with Gasteiger partial charge in [0.1, 0.15) is 0 Å². The fourth-order valence-corrected chi connectivity index (χ4v) is 1.00. The topological polar surface area (TPSA) is 101 Å². The molecule has 0 saturated carbocycles. The predicted molar refractivity (Wildman–Crippen MR) is 58.6 cm³/mol. The van der Waals surface area contributed by atoms with Gasteiger partial charge in [0.2, 0.25) is 11.9 Å². The number of nitrogens with two attached hydrogens (primary N) is 2. The van der Waals surface area contributed by atoms with Gasteiger partial charge >= 0.3 is 6.36 Å². The van der Waals surface area contributed by atoms with Crippen molar-refractivity contribution in [3.8, 4) is 0 Å². The normalized spacial score (nSPS) is 12.3. The molecule has 0 amide bonds. The van der Waals surface area contributed by atoms with E-state index in [1.807, 2.05) is 0 Å². The number of nitrogens with one attached hydrogen (secondary N) is 1. The smallest absolute Gasteiger partial charge is 0.368 e. The summed E-state index contributed by atoms with van der Waals surface area (Å²) in [5.74, 6) is -1.74. The third-order valence-corrected chi connectivity index (χ3v) is 1.62. The first-order valence-electron chi connectivity index (χ1n) is 4.59. The fraction of sp³-hybridized carbons (Fsp3) is 0.111. The Balaban J connectivity index is 2.93. The Bertz CT molecular complexity index is 445. The highest BCUT2D eigenvalue weighted by Gasteiger charge is 2.35. The van der Waals surface area contributed by atoms with E-state index in [4.69, 9.17) is 16.9 Å². The van der Waals surface area contributed by atoms with Crippen molar-refractivity contribution in [2.24, 2.45) is 16.5 Å². The van der Waals surface area contributed by atoms with Crippen LogP contribution >= 0.6 is 0 Å². The quantitative estimate of drug-likeness (QED) is 0.424. The summed E-state index contributed by atoms with van der Waals surface area (Å²) in [5, 5.41) is 6.83. The zero-order valence-corrected chi connectivity index (χ0v) is 8.98. The second kappa shape index (κ2) is 5.36. The van der Waals surface area contributed by atoms with Crippen molar-refractivity contribution in [2.75, 3.05) is 0 Å². The molecule has 0 unspecified atom stereocenters. The molecule has 0 aromatic heterocycles. The molecule has 0 aliphatic carbocycles. The van der Waals surface area contributed by atoms with Crippen molar-refractivity contribution in [1.82, 2.24) is 5.06 Å². The molecule has 5 N–H and O–H groups in total. The van der Waals surface area contributed by atoms with E-state index < -0.39 is 18.3 Å². The maximum absolute atomic E-state index is 12.0. The van der Waals surface area contributed by atoms with Gasteiger partial charge in [0.15, 0.2) is 0 Å². The molecule has 0 saturated heterocycles. The van der Waals surface area contributed by atoms with Crippen LogP contribution in [0, 0.1) is 5.41 Å². The lowest BCUT2D eigenvalue weighted by Crippen LogP contribution is -2.48. The Morgan fingerprint density at radius 3 is 2.22 bits per heavy atom. The molecule has 0 atom stereocenters. The van der Waals surface area contributed by atoms with Crippen LogP contribution in [0.1, 0.15) is 0 Å². The first-order chi connectivity index (χ1) is 8.29. The fourth-order valence-electron chi connectivity index (χ4n) is 1.00. The van der Waals surface area contributed by atoms with Gasteiger partial charge in [0.05, 0.1) is 5.69 Å². The molecule has 0 aliphatic heterocycles. The van der Waals surface area contributed by atoms with Gasteiger partial charge in [-0.2, -0.15) is 4.84 Å². The van der Waals surface area contributed by atoms with Crippen LogP contribution in [0.25, 0.3) is 0 Å². The number of hydroxylamine groups is 2. The maximum Gasteiger partial charge on any atom is 0.544 e. The molecule has 1 aromatic carbocycles. The standard InChI is InChI=1S/C9H10F3N5O/c10-9(11,12)18-17(7(13)14)8(15)16-6-4-2-1-3-5-6/h1-5H,(H3,13,14)(H2,15,16). The van der Waals surface area contributed by atoms with Gasteiger partial charge in [-0.1, -0.05) is 18.2 Å². The first-order valence-corrected chi connectivity index (χ1v) is 4.59. The highest BCUT2D eigenvalue weighted by molar-refractivity contribution is 5.95. The summed E-state index contributed by atoms with van der Waals surface area (Å²) < 4.78 is 36.1. The first kappa shape index (κ1) is 13.8. The SMILES string of the molecule is N=C(N)N(OC(F)(F)F)C(N)=Nc1ccccc1. The Morgan fingerprint density at radius 1 is 1.22 bits per heavy atom. The van der Waals surface area contributed by atoms with Gasteiger partial charge in [0, 0.05) is 0 Å². The molecule has 0 heterocycles. The van der Waals surface area contributed by atoms with Crippen LogP contribution in [-0.2, 0) is 4.84 Å². The third-order valence-electron chi connectivity index (χ3n) is 1.62. The maximum atomic E-state index is 12.0. The van der Waals surface area contributed by atoms with Crippen molar-refractivity contribution >= 4 is 17.6 Å². The molecular formula is C9H10F3N5O. The molecular weight excluding hydrogens is 251 g/mol. The number of hydrogen-bond acceptors (Lipinski definition) is 3. The van der Waals surface area contributed by atoms with Gasteiger partial charge in [0.25, 0.3) is 0 Å². The summed E-state index contributed by atoms with van der Waals surface area (Å²) in [5.41, 5.74) is 10.5. The lowest BCUT2D eigenvalue weighted by Gasteiger charge is -2.21. The molecule has 0 fully saturated rings.